The molecule has 1 aliphatic rings. The monoisotopic (exact) mass is 339 g/mol. The van der Waals surface area contributed by atoms with Crippen molar-refractivity contribution in [2.45, 2.75) is 37.6 Å². The van der Waals surface area contributed by atoms with Gasteiger partial charge in [-0.1, -0.05) is 6.92 Å². The Bertz CT molecular complexity index is 643. The zero-order chi connectivity index (χ0) is 17.0. The normalized spacial score (nSPS) is 21.0. The number of piperidine rings is 1. The van der Waals surface area contributed by atoms with Gasteiger partial charge in [0.2, 0.25) is 15.9 Å². The molecule has 1 fully saturated rings. The van der Waals surface area contributed by atoms with Crippen LogP contribution in [-0.4, -0.2) is 44.9 Å². The average Bonchev–Trinajstić information content (AvgIpc) is 2.52. The summed E-state index contributed by atoms with van der Waals surface area (Å²) < 4.78 is 27.3. The number of carbonyl (C=O) groups excluding carboxylic acids is 1. The highest BCUT2D eigenvalue weighted by Crippen LogP contribution is 2.18. The summed E-state index contributed by atoms with van der Waals surface area (Å²) in [6, 6.07) is 5.79. The van der Waals surface area contributed by atoms with Gasteiger partial charge in [0.25, 0.3) is 0 Å². The van der Waals surface area contributed by atoms with Crippen LogP contribution in [0.25, 0.3) is 0 Å². The number of nitrogens with two attached hydrogens (primary N) is 1. The van der Waals surface area contributed by atoms with Crippen LogP contribution in [0, 0.1) is 5.92 Å². The minimum absolute atomic E-state index is 0.140. The standard InChI is InChI=1S/C16H25N3O3S/c1-12-4-3-9-19(11-12)13(2)10-18-23(21,22)15-7-5-14(6-8-15)16(17)20/h5-8,12-13,18H,3-4,9-11H2,1-2H3,(H2,17,20)/t12-,13-/m1/s1. The summed E-state index contributed by atoms with van der Waals surface area (Å²) in [5.74, 6) is 0.0823. The second-order valence-electron chi connectivity index (χ2n) is 6.33. The van der Waals surface area contributed by atoms with Gasteiger partial charge in [-0.3, -0.25) is 9.69 Å². The Labute approximate surface area is 138 Å². The minimum Gasteiger partial charge on any atom is -0.366 e. The summed E-state index contributed by atoms with van der Waals surface area (Å²) in [6.45, 7) is 6.66. The van der Waals surface area contributed by atoms with Crippen LogP contribution < -0.4 is 10.5 Å². The predicted octanol–water partition coefficient (Wildman–Crippen LogP) is 1.18. The molecule has 1 aromatic rings. The molecule has 0 aliphatic carbocycles. The molecule has 0 spiro atoms. The summed E-state index contributed by atoms with van der Waals surface area (Å²) >= 11 is 0. The van der Waals surface area contributed by atoms with Gasteiger partial charge in [0.15, 0.2) is 0 Å². The van der Waals surface area contributed by atoms with Gasteiger partial charge in [0.1, 0.15) is 0 Å². The second kappa shape index (κ2) is 7.42. The van der Waals surface area contributed by atoms with E-state index in [1.807, 2.05) is 6.92 Å². The Morgan fingerprint density at radius 1 is 1.39 bits per heavy atom. The zero-order valence-corrected chi connectivity index (χ0v) is 14.5. The van der Waals surface area contributed by atoms with Crippen molar-refractivity contribution in [2.75, 3.05) is 19.6 Å². The van der Waals surface area contributed by atoms with E-state index >= 15 is 0 Å². The smallest absolute Gasteiger partial charge is 0.248 e. The number of nitrogens with zero attached hydrogens (tertiary/aromatic N) is 1. The summed E-state index contributed by atoms with van der Waals surface area (Å²) in [7, 11) is -3.58. The molecule has 128 valence electrons. The first-order valence-corrected chi connectivity index (χ1v) is 9.41. The fourth-order valence-electron chi connectivity index (χ4n) is 2.87. The molecular formula is C16H25N3O3S. The fourth-order valence-corrected chi connectivity index (χ4v) is 3.99. The molecule has 0 bridgehead atoms. The van der Waals surface area contributed by atoms with E-state index in [9.17, 15) is 13.2 Å². The lowest BCUT2D eigenvalue weighted by molar-refractivity contribution is 0.1000. The Kier molecular flexibility index (Phi) is 5.78. The second-order valence-corrected chi connectivity index (χ2v) is 8.10. The van der Waals surface area contributed by atoms with Crippen LogP contribution in [0.4, 0.5) is 0 Å². The Hall–Kier alpha value is -1.44. The molecule has 0 unspecified atom stereocenters. The average molecular weight is 339 g/mol. The Balaban J connectivity index is 1.96. The van der Waals surface area contributed by atoms with Crippen LogP contribution in [0.2, 0.25) is 0 Å². The molecule has 0 aromatic heterocycles. The number of benzene rings is 1. The third-order valence-electron chi connectivity index (χ3n) is 4.33. The summed E-state index contributed by atoms with van der Waals surface area (Å²) in [6.07, 6.45) is 2.40. The molecule has 1 saturated heterocycles. The SMILES string of the molecule is C[C@@H]1CCCN([C@H](C)CNS(=O)(=O)c2ccc(C(N)=O)cc2)C1. The largest absolute Gasteiger partial charge is 0.366 e. The lowest BCUT2D eigenvalue weighted by Gasteiger charge is -2.35. The summed E-state index contributed by atoms with van der Waals surface area (Å²) in [4.78, 5) is 13.5. The molecule has 1 aliphatic heterocycles. The molecule has 7 heteroatoms. The van der Waals surface area contributed by atoms with Crippen molar-refractivity contribution < 1.29 is 13.2 Å². The number of hydrogen-bond acceptors (Lipinski definition) is 4. The highest BCUT2D eigenvalue weighted by atomic mass is 32.2. The zero-order valence-electron chi connectivity index (χ0n) is 13.7. The predicted molar refractivity (Wildman–Crippen MR) is 89.6 cm³/mol. The van der Waals surface area contributed by atoms with Crippen molar-refractivity contribution in [1.82, 2.24) is 9.62 Å². The fraction of sp³-hybridized carbons (Fsp3) is 0.562. The molecule has 3 N–H and O–H groups in total. The van der Waals surface area contributed by atoms with Crippen molar-refractivity contribution in [2.24, 2.45) is 11.7 Å². The molecule has 2 rings (SSSR count). The number of primary amides is 1. The quantitative estimate of drug-likeness (QED) is 0.814. The van der Waals surface area contributed by atoms with E-state index < -0.39 is 15.9 Å². The Morgan fingerprint density at radius 3 is 2.61 bits per heavy atom. The minimum atomic E-state index is -3.58. The molecule has 2 atom stereocenters. The number of nitrogens with one attached hydrogen (secondary N) is 1. The van der Waals surface area contributed by atoms with Crippen LogP contribution >= 0.6 is 0 Å². The van der Waals surface area contributed by atoms with Crippen LogP contribution in [0.15, 0.2) is 29.2 Å². The van der Waals surface area contributed by atoms with E-state index in [4.69, 9.17) is 5.73 Å². The van der Waals surface area contributed by atoms with Gasteiger partial charge in [0.05, 0.1) is 4.90 Å². The van der Waals surface area contributed by atoms with Crippen LogP contribution in [0.5, 0.6) is 0 Å². The van der Waals surface area contributed by atoms with Gasteiger partial charge in [-0.2, -0.15) is 0 Å². The lowest BCUT2D eigenvalue weighted by atomic mass is 9.99. The number of rotatable bonds is 6. The number of carbonyl (C=O) groups is 1. The van der Waals surface area contributed by atoms with E-state index in [1.165, 1.54) is 30.7 Å². The highest BCUT2D eigenvalue weighted by molar-refractivity contribution is 7.89. The first kappa shape index (κ1) is 17.9. The van der Waals surface area contributed by atoms with Crippen LogP contribution in [0.3, 0.4) is 0 Å². The molecule has 0 radical (unpaired) electrons. The van der Waals surface area contributed by atoms with Crippen molar-refractivity contribution >= 4 is 15.9 Å². The first-order chi connectivity index (χ1) is 10.8. The molecule has 6 nitrogen and oxygen atoms in total. The van der Waals surface area contributed by atoms with E-state index in [0.29, 0.717) is 18.0 Å². The maximum Gasteiger partial charge on any atom is 0.248 e. The molecule has 0 saturated carbocycles. The van der Waals surface area contributed by atoms with E-state index in [1.54, 1.807) is 0 Å². The number of hydrogen-bond donors (Lipinski definition) is 2. The number of amides is 1. The van der Waals surface area contributed by atoms with Crippen LogP contribution in [-0.2, 0) is 10.0 Å². The van der Waals surface area contributed by atoms with E-state index in [-0.39, 0.29) is 10.9 Å². The first-order valence-electron chi connectivity index (χ1n) is 7.93. The number of likely N-dealkylation sites (tertiary alicyclic amines) is 1. The van der Waals surface area contributed by atoms with Gasteiger partial charge < -0.3 is 5.73 Å². The molecular weight excluding hydrogens is 314 g/mol. The summed E-state index contributed by atoms with van der Waals surface area (Å²) in [5, 5.41) is 0. The van der Waals surface area contributed by atoms with Gasteiger partial charge >= 0.3 is 0 Å². The highest BCUT2D eigenvalue weighted by Gasteiger charge is 2.22. The van der Waals surface area contributed by atoms with Gasteiger partial charge in [-0.15, -0.1) is 0 Å². The van der Waals surface area contributed by atoms with Gasteiger partial charge in [0, 0.05) is 24.7 Å². The van der Waals surface area contributed by atoms with Crippen molar-refractivity contribution in [3.63, 3.8) is 0 Å². The number of sulfonamides is 1. The van der Waals surface area contributed by atoms with E-state index in [0.717, 1.165) is 19.5 Å². The third-order valence-corrected chi connectivity index (χ3v) is 5.77. The van der Waals surface area contributed by atoms with Crippen molar-refractivity contribution in [1.29, 1.82) is 0 Å². The lowest BCUT2D eigenvalue weighted by Crippen LogP contribution is -2.46. The molecule has 1 heterocycles. The van der Waals surface area contributed by atoms with Gasteiger partial charge in [-0.05, 0) is 56.5 Å². The maximum absolute atomic E-state index is 12.3. The maximum atomic E-state index is 12.3. The van der Waals surface area contributed by atoms with Gasteiger partial charge in [-0.25, -0.2) is 13.1 Å². The summed E-state index contributed by atoms with van der Waals surface area (Å²) in [5.41, 5.74) is 5.45. The van der Waals surface area contributed by atoms with Crippen molar-refractivity contribution in [3.05, 3.63) is 29.8 Å². The Morgan fingerprint density at radius 2 is 2.04 bits per heavy atom. The van der Waals surface area contributed by atoms with Crippen molar-refractivity contribution in [3.8, 4) is 0 Å². The topological polar surface area (TPSA) is 92.5 Å². The molecule has 1 aromatic carbocycles. The van der Waals surface area contributed by atoms with Crippen LogP contribution in [0.1, 0.15) is 37.0 Å². The molecule has 1 amide bonds. The third kappa shape index (κ3) is 4.76. The van der Waals surface area contributed by atoms with E-state index in [2.05, 4.69) is 16.5 Å². The molecule has 23 heavy (non-hydrogen) atoms.